The highest BCUT2D eigenvalue weighted by Gasteiger charge is 2.17. The first-order valence-corrected chi connectivity index (χ1v) is 10.4. The molecule has 1 saturated heterocycles. The average molecular weight is 527 g/mol. The van der Waals surface area contributed by atoms with Crippen LogP contribution in [0.25, 0.3) is 0 Å². The van der Waals surface area contributed by atoms with Crippen molar-refractivity contribution in [1.82, 2.24) is 10.6 Å². The van der Waals surface area contributed by atoms with E-state index in [1.54, 1.807) is 0 Å². The molecule has 1 atom stereocenters. The van der Waals surface area contributed by atoms with Gasteiger partial charge in [-0.05, 0) is 51.8 Å². The molecule has 1 aliphatic rings. The topological polar surface area (TPSA) is 68.0 Å². The van der Waals surface area contributed by atoms with Crippen LogP contribution in [0, 0.1) is 26.7 Å². The highest BCUT2D eigenvalue weighted by atomic mass is 127. The van der Waals surface area contributed by atoms with Crippen LogP contribution in [0.2, 0.25) is 0 Å². The Morgan fingerprint density at radius 1 is 1.17 bits per heavy atom. The van der Waals surface area contributed by atoms with E-state index in [1.165, 1.54) is 5.56 Å². The maximum absolute atomic E-state index is 6.15. The van der Waals surface area contributed by atoms with Gasteiger partial charge in [0.05, 0.1) is 19.8 Å². The van der Waals surface area contributed by atoms with Crippen LogP contribution in [0.4, 0.5) is 0 Å². The minimum atomic E-state index is 0. The molecule has 2 N–H and O–H groups in total. The minimum Gasteiger partial charge on any atom is -0.493 e. The zero-order chi connectivity index (χ0) is 20.6. The number of furan rings is 1. The molecule has 2 aromatic rings. The molecule has 0 radical (unpaired) electrons. The Morgan fingerprint density at radius 2 is 2.00 bits per heavy atom. The molecule has 166 valence electrons. The molecular weight excluding hydrogens is 493 g/mol. The highest BCUT2D eigenvalue weighted by Crippen LogP contribution is 2.22. The lowest BCUT2D eigenvalue weighted by Crippen LogP contribution is -2.36. The maximum atomic E-state index is 6.15. The summed E-state index contributed by atoms with van der Waals surface area (Å²) >= 11 is 0. The molecule has 1 unspecified atom stereocenters. The van der Waals surface area contributed by atoms with Gasteiger partial charge >= 0.3 is 0 Å². The molecule has 3 rings (SSSR count). The number of aryl methyl sites for hydroxylation is 3. The third-order valence-corrected chi connectivity index (χ3v) is 5.06. The SMILES string of the molecule is CCNC(=NCc1cc(C)oc1C)NCc1ccc(C)cc1OCC1CCOC1.I. The number of guanidine groups is 1. The Kier molecular flexibility index (Phi) is 9.97. The number of hydrogen-bond acceptors (Lipinski definition) is 4. The van der Waals surface area contributed by atoms with Crippen molar-refractivity contribution in [2.24, 2.45) is 10.9 Å². The summed E-state index contributed by atoms with van der Waals surface area (Å²) in [7, 11) is 0. The molecule has 0 saturated carbocycles. The van der Waals surface area contributed by atoms with Crippen LogP contribution < -0.4 is 15.4 Å². The van der Waals surface area contributed by atoms with Crippen molar-refractivity contribution in [2.75, 3.05) is 26.4 Å². The van der Waals surface area contributed by atoms with Gasteiger partial charge in [0, 0.05) is 36.7 Å². The van der Waals surface area contributed by atoms with Gasteiger partial charge in [-0.1, -0.05) is 12.1 Å². The van der Waals surface area contributed by atoms with Crippen molar-refractivity contribution in [3.63, 3.8) is 0 Å². The molecule has 0 spiro atoms. The van der Waals surface area contributed by atoms with Gasteiger partial charge in [0.25, 0.3) is 0 Å². The summed E-state index contributed by atoms with van der Waals surface area (Å²) in [5.74, 6) is 4.03. The van der Waals surface area contributed by atoms with E-state index in [2.05, 4.69) is 42.7 Å². The van der Waals surface area contributed by atoms with Crippen LogP contribution in [0.3, 0.4) is 0 Å². The van der Waals surface area contributed by atoms with Crippen LogP contribution in [0.1, 0.15) is 41.6 Å². The number of ether oxygens (including phenoxy) is 2. The van der Waals surface area contributed by atoms with Crippen molar-refractivity contribution in [1.29, 1.82) is 0 Å². The van der Waals surface area contributed by atoms with E-state index < -0.39 is 0 Å². The molecule has 0 aliphatic carbocycles. The quantitative estimate of drug-likeness (QED) is 0.301. The van der Waals surface area contributed by atoms with Gasteiger partial charge in [0.2, 0.25) is 0 Å². The molecule has 6 nitrogen and oxygen atoms in total. The minimum absolute atomic E-state index is 0. The molecule has 1 aliphatic heterocycles. The fourth-order valence-corrected chi connectivity index (χ4v) is 3.39. The lowest BCUT2D eigenvalue weighted by molar-refractivity contribution is 0.166. The monoisotopic (exact) mass is 527 g/mol. The number of halogens is 1. The Bertz CT molecular complexity index is 829. The first-order chi connectivity index (χ1) is 14.0. The summed E-state index contributed by atoms with van der Waals surface area (Å²) in [6.07, 6.45) is 1.07. The van der Waals surface area contributed by atoms with Crippen molar-refractivity contribution >= 4 is 29.9 Å². The highest BCUT2D eigenvalue weighted by molar-refractivity contribution is 14.0. The Labute approximate surface area is 196 Å². The normalized spacial score (nSPS) is 16.3. The van der Waals surface area contributed by atoms with Gasteiger partial charge in [-0.25, -0.2) is 4.99 Å². The van der Waals surface area contributed by atoms with Crippen LogP contribution in [0.5, 0.6) is 5.75 Å². The van der Waals surface area contributed by atoms with Crippen LogP contribution >= 0.6 is 24.0 Å². The van der Waals surface area contributed by atoms with Crippen LogP contribution in [-0.4, -0.2) is 32.3 Å². The molecule has 1 aromatic carbocycles. The molecule has 1 aromatic heterocycles. The van der Waals surface area contributed by atoms with Crippen LogP contribution in [-0.2, 0) is 17.8 Å². The average Bonchev–Trinajstić information content (AvgIpc) is 3.32. The van der Waals surface area contributed by atoms with Crippen molar-refractivity contribution < 1.29 is 13.9 Å². The molecular formula is C23H34IN3O3. The zero-order valence-corrected chi connectivity index (χ0v) is 20.7. The van der Waals surface area contributed by atoms with E-state index in [0.717, 1.165) is 60.5 Å². The summed E-state index contributed by atoms with van der Waals surface area (Å²) in [4.78, 5) is 4.71. The standard InChI is InChI=1S/C23H33N3O3.HI/c1-5-24-23(26-13-21-11-17(3)29-18(21)4)25-12-20-7-6-16(2)10-22(20)28-15-19-8-9-27-14-19;/h6-7,10-11,19H,5,8-9,12-15H2,1-4H3,(H2,24,25,26);1H. The van der Waals surface area contributed by atoms with E-state index in [1.807, 2.05) is 19.9 Å². The zero-order valence-electron chi connectivity index (χ0n) is 18.4. The van der Waals surface area contributed by atoms with Gasteiger partial charge in [0.15, 0.2) is 5.96 Å². The van der Waals surface area contributed by atoms with Crippen molar-refractivity contribution in [2.45, 2.75) is 47.2 Å². The van der Waals surface area contributed by atoms with E-state index in [-0.39, 0.29) is 24.0 Å². The Hall–Kier alpha value is -1.74. The summed E-state index contributed by atoms with van der Waals surface area (Å²) in [5.41, 5.74) is 3.42. The summed E-state index contributed by atoms with van der Waals surface area (Å²) in [6.45, 7) is 12.4. The second-order valence-electron chi connectivity index (χ2n) is 7.64. The van der Waals surface area contributed by atoms with Gasteiger partial charge in [-0.3, -0.25) is 0 Å². The second-order valence-corrected chi connectivity index (χ2v) is 7.64. The third kappa shape index (κ3) is 7.19. The number of nitrogens with one attached hydrogen (secondary N) is 2. The van der Waals surface area contributed by atoms with E-state index in [0.29, 0.717) is 25.6 Å². The Balaban J connectivity index is 0.00000320. The van der Waals surface area contributed by atoms with E-state index in [9.17, 15) is 0 Å². The fraction of sp³-hybridized carbons (Fsp3) is 0.522. The number of nitrogens with zero attached hydrogens (tertiary/aromatic N) is 1. The molecule has 1 fully saturated rings. The van der Waals surface area contributed by atoms with Crippen molar-refractivity contribution in [3.8, 4) is 5.75 Å². The molecule has 30 heavy (non-hydrogen) atoms. The van der Waals surface area contributed by atoms with E-state index >= 15 is 0 Å². The summed E-state index contributed by atoms with van der Waals surface area (Å²) < 4.78 is 17.2. The van der Waals surface area contributed by atoms with Crippen molar-refractivity contribution in [3.05, 3.63) is 52.5 Å². The maximum Gasteiger partial charge on any atom is 0.191 e. The van der Waals surface area contributed by atoms with Gasteiger partial charge < -0.3 is 24.5 Å². The molecule has 7 heteroatoms. The van der Waals surface area contributed by atoms with Gasteiger partial charge in [0.1, 0.15) is 17.3 Å². The largest absolute Gasteiger partial charge is 0.493 e. The van der Waals surface area contributed by atoms with Gasteiger partial charge in [-0.15, -0.1) is 24.0 Å². The first-order valence-electron chi connectivity index (χ1n) is 10.4. The molecule has 0 amide bonds. The van der Waals surface area contributed by atoms with Gasteiger partial charge in [-0.2, -0.15) is 0 Å². The third-order valence-electron chi connectivity index (χ3n) is 5.06. The lowest BCUT2D eigenvalue weighted by Gasteiger charge is -2.17. The number of hydrogen-bond donors (Lipinski definition) is 2. The number of benzene rings is 1. The predicted molar refractivity (Wildman–Crippen MR) is 131 cm³/mol. The summed E-state index contributed by atoms with van der Waals surface area (Å²) in [6, 6.07) is 8.38. The van der Waals surface area contributed by atoms with Crippen LogP contribution in [0.15, 0.2) is 33.7 Å². The number of rotatable bonds is 8. The molecule has 0 bridgehead atoms. The smallest absolute Gasteiger partial charge is 0.191 e. The summed E-state index contributed by atoms with van der Waals surface area (Å²) in [5, 5.41) is 6.73. The first kappa shape index (κ1) is 24.5. The lowest BCUT2D eigenvalue weighted by atomic mass is 10.1. The second kappa shape index (κ2) is 12.2. The number of aliphatic imine (C=N–C) groups is 1. The fourth-order valence-electron chi connectivity index (χ4n) is 3.39. The Morgan fingerprint density at radius 3 is 2.67 bits per heavy atom. The molecule has 2 heterocycles. The predicted octanol–water partition coefficient (Wildman–Crippen LogP) is 4.49. The van der Waals surface area contributed by atoms with E-state index in [4.69, 9.17) is 18.9 Å².